The van der Waals surface area contributed by atoms with Crippen LogP contribution in [0.1, 0.15) is 18.1 Å². The van der Waals surface area contributed by atoms with Crippen LogP contribution in [0.5, 0.6) is 0 Å². The molecule has 1 atom stereocenters. The summed E-state index contributed by atoms with van der Waals surface area (Å²) in [4.78, 5) is 11.7. The van der Waals surface area contributed by atoms with Crippen LogP contribution in [-0.2, 0) is 27.4 Å². The molecule has 1 amide bonds. The lowest BCUT2D eigenvalue weighted by molar-refractivity contribution is -0.122. The summed E-state index contributed by atoms with van der Waals surface area (Å²) in [7, 11) is 3.29. The van der Waals surface area contributed by atoms with E-state index >= 15 is 0 Å². The molecular weight excluding hydrogens is 256 g/mol. The fourth-order valence-electron chi connectivity index (χ4n) is 1.71. The maximum absolute atomic E-state index is 11.7. The zero-order valence-corrected chi connectivity index (χ0v) is 12.4. The van der Waals surface area contributed by atoms with Gasteiger partial charge in [-0.05, 0) is 18.1 Å². The lowest BCUT2D eigenvalue weighted by atomic mass is 10.1. The minimum absolute atomic E-state index is 0.0157. The standard InChI is InChI=1S/C15H24N2O3/c1-12(15(18)16-8-9-19-2)17-10-13-4-6-14(7-5-13)11-20-3/h4-7,12,17H,8-11H2,1-3H3,(H,16,18). The minimum atomic E-state index is -0.231. The van der Waals surface area contributed by atoms with Gasteiger partial charge in [-0.25, -0.2) is 0 Å². The first kappa shape index (κ1) is 16.6. The summed E-state index contributed by atoms with van der Waals surface area (Å²) in [6.45, 7) is 4.19. The van der Waals surface area contributed by atoms with Gasteiger partial charge in [-0.3, -0.25) is 4.79 Å². The van der Waals surface area contributed by atoms with Crippen molar-refractivity contribution in [1.29, 1.82) is 0 Å². The molecule has 0 saturated heterocycles. The molecule has 0 bridgehead atoms. The molecule has 1 aromatic rings. The molecule has 5 nitrogen and oxygen atoms in total. The van der Waals surface area contributed by atoms with Gasteiger partial charge in [-0.15, -0.1) is 0 Å². The van der Waals surface area contributed by atoms with E-state index in [0.29, 0.717) is 26.3 Å². The largest absolute Gasteiger partial charge is 0.383 e. The predicted molar refractivity (Wildman–Crippen MR) is 78.3 cm³/mol. The van der Waals surface area contributed by atoms with Crippen molar-refractivity contribution >= 4 is 5.91 Å². The predicted octanol–water partition coefficient (Wildman–Crippen LogP) is 1.07. The zero-order chi connectivity index (χ0) is 14.8. The first-order valence-corrected chi connectivity index (χ1v) is 6.74. The molecule has 1 rings (SSSR count). The number of carbonyl (C=O) groups excluding carboxylic acids is 1. The van der Waals surface area contributed by atoms with Gasteiger partial charge in [0.1, 0.15) is 0 Å². The molecule has 0 heterocycles. The number of rotatable bonds is 9. The molecule has 1 aromatic carbocycles. The highest BCUT2D eigenvalue weighted by molar-refractivity contribution is 5.81. The van der Waals surface area contributed by atoms with Crippen LogP contribution in [0.2, 0.25) is 0 Å². The van der Waals surface area contributed by atoms with Gasteiger partial charge in [0.05, 0.1) is 19.3 Å². The Morgan fingerprint density at radius 3 is 2.40 bits per heavy atom. The molecule has 20 heavy (non-hydrogen) atoms. The van der Waals surface area contributed by atoms with E-state index < -0.39 is 0 Å². The van der Waals surface area contributed by atoms with E-state index in [2.05, 4.69) is 10.6 Å². The van der Waals surface area contributed by atoms with Crippen LogP contribution in [0.4, 0.5) is 0 Å². The van der Waals surface area contributed by atoms with Gasteiger partial charge < -0.3 is 20.1 Å². The average molecular weight is 280 g/mol. The second-order valence-electron chi connectivity index (χ2n) is 4.64. The van der Waals surface area contributed by atoms with E-state index in [1.54, 1.807) is 14.2 Å². The van der Waals surface area contributed by atoms with E-state index in [-0.39, 0.29) is 11.9 Å². The first-order valence-electron chi connectivity index (χ1n) is 6.74. The number of hydrogen-bond acceptors (Lipinski definition) is 4. The van der Waals surface area contributed by atoms with Crippen LogP contribution in [0.25, 0.3) is 0 Å². The van der Waals surface area contributed by atoms with E-state index in [1.165, 1.54) is 0 Å². The molecule has 0 fully saturated rings. The van der Waals surface area contributed by atoms with Crippen LogP contribution in [0.3, 0.4) is 0 Å². The quantitative estimate of drug-likeness (QED) is 0.664. The molecule has 5 heteroatoms. The van der Waals surface area contributed by atoms with Gasteiger partial charge in [0.15, 0.2) is 0 Å². The smallest absolute Gasteiger partial charge is 0.236 e. The van der Waals surface area contributed by atoms with Gasteiger partial charge >= 0.3 is 0 Å². The van der Waals surface area contributed by atoms with Gasteiger partial charge in [-0.2, -0.15) is 0 Å². The Bertz CT molecular complexity index is 393. The summed E-state index contributed by atoms with van der Waals surface area (Å²) in [5, 5.41) is 6.00. The van der Waals surface area contributed by atoms with Crippen molar-refractivity contribution in [3.05, 3.63) is 35.4 Å². The number of hydrogen-bond donors (Lipinski definition) is 2. The Hall–Kier alpha value is -1.43. The van der Waals surface area contributed by atoms with Crippen LogP contribution >= 0.6 is 0 Å². The third kappa shape index (κ3) is 6.14. The molecule has 0 aromatic heterocycles. The molecular formula is C15H24N2O3. The summed E-state index contributed by atoms with van der Waals surface area (Å²) >= 11 is 0. The Morgan fingerprint density at radius 2 is 1.80 bits per heavy atom. The minimum Gasteiger partial charge on any atom is -0.383 e. The molecule has 0 spiro atoms. The van der Waals surface area contributed by atoms with Crippen molar-refractivity contribution in [1.82, 2.24) is 10.6 Å². The normalized spacial score (nSPS) is 12.2. The average Bonchev–Trinajstić information content (AvgIpc) is 2.46. The van der Waals surface area contributed by atoms with Crippen molar-refractivity contribution in [3.63, 3.8) is 0 Å². The molecule has 112 valence electrons. The Kier molecular flexibility index (Phi) is 7.87. The van der Waals surface area contributed by atoms with E-state index in [1.807, 2.05) is 31.2 Å². The number of nitrogens with one attached hydrogen (secondary N) is 2. The van der Waals surface area contributed by atoms with E-state index in [4.69, 9.17) is 9.47 Å². The second kappa shape index (κ2) is 9.47. The Labute approximate surface area is 120 Å². The SMILES string of the molecule is COCCNC(=O)C(C)NCc1ccc(COC)cc1. The highest BCUT2D eigenvalue weighted by Gasteiger charge is 2.10. The number of ether oxygens (including phenoxy) is 2. The topological polar surface area (TPSA) is 59.6 Å². The monoisotopic (exact) mass is 280 g/mol. The van der Waals surface area contributed by atoms with Crippen molar-refractivity contribution in [3.8, 4) is 0 Å². The van der Waals surface area contributed by atoms with Crippen molar-refractivity contribution in [2.24, 2.45) is 0 Å². The van der Waals surface area contributed by atoms with Gasteiger partial charge in [0.25, 0.3) is 0 Å². The second-order valence-corrected chi connectivity index (χ2v) is 4.64. The Morgan fingerprint density at radius 1 is 1.15 bits per heavy atom. The third-order valence-corrected chi connectivity index (χ3v) is 2.95. The molecule has 0 aliphatic rings. The maximum Gasteiger partial charge on any atom is 0.236 e. The van der Waals surface area contributed by atoms with Crippen molar-refractivity contribution in [2.45, 2.75) is 26.1 Å². The molecule has 0 saturated carbocycles. The highest BCUT2D eigenvalue weighted by atomic mass is 16.5. The van der Waals surface area contributed by atoms with Gasteiger partial charge in [-0.1, -0.05) is 24.3 Å². The number of amides is 1. The van der Waals surface area contributed by atoms with Crippen LogP contribution in [-0.4, -0.2) is 39.3 Å². The molecule has 0 aliphatic carbocycles. The van der Waals surface area contributed by atoms with E-state index in [0.717, 1.165) is 11.1 Å². The van der Waals surface area contributed by atoms with Crippen LogP contribution in [0.15, 0.2) is 24.3 Å². The summed E-state index contributed by atoms with van der Waals surface area (Å²) in [6.07, 6.45) is 0. The summed E-state index contributed by atoms with van der Waals surface area (Å²) in [5.74, 6) is -0.0157. The first-order chi connectivity index (χ1) is 9.67. The van der Waals surface area contributed by atoms with Gasteiger partial charge in [0.2, 0.25) is 5.91 Å². The molecule has 2 N–H and O–H groups in total. The van der Waals surface area contributed by atoms with Crippen molar-refractivity contribution < 1.29 is 14.3 Å². The van der Waals surface area contributed by atoms with Crippen LogP contribution < -0.4 is 10.6 Å². The summed E-state index contributed by atoms with van der Waals surface area (Å²) in [5.41, 5.74) is 2.28. The summed E-state index contributed by atoms with van der Waals surface area (Å²) < 4.78 is 9.95. The lowest BCUT2D eigenvalue weighted by Crippen LogP contribution is -2.42. The lowest BCUT2D eigenvalue weighted by Gasteiger charge is -2.14. The number of benzene rings is 1. The summed E-state index contributed by atoms with van der Waals surface area (Å²) in [6, 6.07) is 7.91. The molecule has 1 unspecified atom stereocenters. The Balaban J connectivity index is 2.32. The van der Waals surface area contributed by atoms with Gasteiger partial charge in [0, 0.05) is 27.3 Å². The maximum atomic E-state index is 11.7. The fraction of sp³-hybridized carbons (Fsp3) is 0.533. The fourth-order valence-corrected chi connectivity index (χ4v) is 1.71. The van der Waals surface area contributed by atoms with E-state index in [9.17, 15) is 4.79 Å². The number of carbonyl (C=O) groups is 1. The van der Waals surface area contributed by atoms with Crippen molar-refractivity contribution in [2.75, 3.05) is 27.4 Å². The third-order valence-electron chi connectivity index (χ3n) is 2.95. The highest BCUT2D eigenvalue weighted by Crippen LogP contribution is 2.05. The number of methoxy groups -OCH3 is 2. The van der Waals surface area contributed by atoms with Crippen LogP contribution in [0, 0.1) is 0 Å². The molecule has 0 aliphatic heterocycles. The molecule has 0 radical (unpaired) electrons. The zero-order valence-electron chi connectivity index (χ0n) is 12.4.